The third-order valence-electron chi connectivity index (χ3n) is 3.22. The van der Waals surface area contributed by atoms with Gasteiger partial charge in [0.05, 0.1) is 17.0 Å². The predicted molar refractivity (Wildman–Crippen MR) is 94.2 cm³/mol. The molecule has 3 nitrogen and oxygen atoms in total. The summed E-state index contributed by atoms with van der Waals surface area (Å²) in [5.41, 5.74) is 3.17. The summed E-state index contributed by atoms with van der Waals surface area (Å²) in [5.74, 6) is -0.0856. The molecule has 1 aliphatic rings. The molecule has 0 bridgehead atoms. The van der Waals surface area contributed by atoms with Gasteiger partial charge in [0.15, 0.2) is 0 Å². The molecule has 0 radical (unpaired) electrons. The van der Waals surface area contributed by atoms with Crippen molar-refractivity contribution >= 4 is 46.0 Å². The molecule has 0 spiro atoms. The fraction of sp³-hybridized carbons (Fsp3) is 0.0588. The summed E-state index contributed by atoms with van der Waals surface area (Å²) in [7, 11) is 0. The molecule has 0 N–H and O–H groups in total. The van der Waals surface area contributed by atoms with Crippen LogP contribution in [0.1, 0.15) is 12.5 Å². The van der Waals surface area contributed by atoms with Crippen LogP contribution in [0.15, 0.2) is 65.3 Å². The van der Waals surface area contributed by atoms with Gasteiger partial charge in [0, 0.05) is 3.57 Å². The zero-order chi connectivity index (χ0) is 14.8. The molecule has 1 amide bonds. The van der Waals surface area contributed by atoms with Crippen molar-refractivity contribution in [2.75, 3.05) is 5.01 Å². The first-order chi connectivity index (χ1) is 10.1. The van der Waals surface area contributed by atoms with Gasteiger partial charge in [0.25, 0.3) is 5.91 Å². The van der Waals surface area contributed by atoms with Gasteiger partial charge in [0.2, 0.25) is 0 Å². The van der Waals surface area contributed by atoms with Crippen LogP contribution in [0, 0.1) is 3.57 Å². The number of halogens is 1. The van der Waals surface area contributed by atoms with Gasteiger partial charge >= 0.3 is 0 Å². The summed E-state index contributed by atoms with van der Waals surface area (Å²) in [4.78, 5) is 12.5. The zero-order valence-electron chi connectivity index (χ0n) is 11.5. The maximum atomic E-state index is 12.5. The Kier molecular flexibility index (Phi) is 3.88. The van der Waals surface area contributed by atoms with Crippen molar-refractivity contribution in [2.45, 2.75) is 6.92 Å². The second-order valence-corrected chi connectivity index (χ2v) is 6.00. The number of carbonyl (C=O) groups is 1. The number of rotatable bonds is 2. The molecule has 2 aromatic carbocycles. The van der Waals surface area contributed by atoms with Crippen LogP contribution in [0.3, 0.4) is 0 Å². The molecule has 1 aliphatic heterocycles. The third-order valence-corrected chi connectivity index (χ3v) is 3.89. The fourth-order valence-electron chi connectivity index (χ4n) is 2.19. The van der Waals surface area contributed by atoms with Gasteiger partial charge in [0.1, 0.15) is 0 Å². The highest BCUT2D eigenvalue weighted by atomic mass is 127. The van der Waals surface area contributed by atoms with E-state index in [0.29, 0.717) is 5.57 Å². The van der Waals surface area contributed by atoms with Crippen LogP contribution in [0.4, 0.5) is 5.69 Å². The number of amides is 1. The Morgan fingerprint density at radius 3 is 2.57 bits per heavy atom. The van der Waals surface area contributed by atoms with E-state index >= 15 is 0 Å². The van der Waals surface area contributed by atoms with Gasteiger partial charge < -0.3 is 0 Å². The zero-order valence-corrected chi connectivity index (χ0v) is 13.6. The lowest BCUT2D eigenvalue weighted by molar-refractivity contribution is -0.114. The van der Waals surface area contributed by atoms with Crippen LogP contribution in [0.25, 0.3) is 6.08 Å². The van der Waals surface area contributed by atoms with E-state index in [1.165, 1.54) is 5.01 Å². The second kappa shape index (κ2) is 5.81. The van der Waals surface area contributed by atoms with Gasteiger partial charge in [-0.2, -0.15) is 10.1 Å². The third kappa shape index (κ3) is 2.90. The molecule has 0 unspecified atom stereocenters. The number of nitrogens with zero attached hydrogens (tertiary/aromatic N) is 2. The summed E-state index contributed by atoms with van der Waals surface area (Å²) in [5, 5.41) is 5.82. The van der Waals surface area contributed by atoms with Crippen molar-refractivity contribution in [1.82, 2.24) is 0 Å². The minimum atomic E-state index is -0.0856. The molecule has 0 saturated carbocycles. The Hall–Kier alpha value is -1.95. The number of hydrogen-bond acceptors (Lipinski definition) is 2. The smallest absolute Gasteiger partial charge is 0.267 e. The van der Waals surface area contributed by atoms with Gasteiger partial charge in [-0.15, -0.1) is 0 Å². The van der Waals surface area contributed by atoms with E-state index in [1.807, 2.05) is 67.6 Å². The number of carbonyl (C=O) groups excluding carboxylic acids is 1. The average molecular weight is 388 g/mol. The van der Waals surface area contributed by atoms with Gasteiger partial charge in [-0.25, -0.2) is 0 Å². The van der Waals surface area contributed by atoms with Crippen molar-refractivity contribution < 1.29 is 4.79 Å². The first-order valence-electron chi connectivity index (χ1n) is 6.57. The van der Waals surface area contributed by atoms with E-state index < -0.39 is 0 Å². The van der Waals surface area contributed by atoms with Crippen molar-refractivity contribution in [3.05, 3.63) is 69.3 Å². The molecule has 0 saturated heterocycles. The average Bonchev–Trinajstić information content (AvgIpc) is 2.76. The maximum Gasteiger partial charge on any atom is 0.280 e. The van der Waals surface area contributed by atoms with E-state index in [0.717, 1.165) is 20.5 Å². The molecule has 21 heavy (non-hydrogen) atoms. The van der Waals surface area contributed by atoms with Crippen molar-refractivity contribution in [3.8, 4) is 0 Å². The van der Waals surface area contributed by atoms with Crippen molar-refractivity contribution in [3.63, 3.8) is 0 Å². The van der Waals surface area contributed by atoms with E-state index in [4.69, 9.17) is 0 Å². The van der Waals surface area contributed by atoms with Crippen molar-refractivity contribution in [2.24, 2.45) is 5.10 Å². The molecule has 0 atom stereocenters. The monoisotopic (exact) mass is 388 g/mol. The Morgan fingerprint density at radius 1 is 1.10 bits per heavy atom. The number of para-hydroxylation sites is 1. The lowest BCUT2D eigenvalue weighted by Crippen LogP contribution is -2.21. The largest absolute Gasteiger partial charge is 0.280 e. The first-order valence-corrected chi connectivity index (χ1v) is 7.65. The molecule has 3 rings (SSSR count). The van der Waals surface area contributed by atoms with E-state index in [-0.39, 0.29) is 5.91 Å². The van der Waals surface area contributed by atoms with Gasteiger partial charge in [-0.3, -0.25) is 4.79 Å². The van der Waals surface area contributed by atoms with Crippen LogP contribution in [-0.4, -0.2) is 11.6 Å². The summed E-state index contributed by atoms with van der Waals surface area (Å²) >= 11 is 2.26. The van der Waals surface area contributed by atoms with Crippen LogP contribution < -0.4 is 5.01 Å². The van der Waals surface area contributed by atoms with Crippen LogP contribution in [0.5, 0.6) is 0 Å². The minimum absolute atomic E-state index is 0.0856. The molecule has 1 heterocycles. The van der Waals surface area contributed by atoms with E-state index in [1.54, 1.807) is 0 Å². The first kappa shape index (κ1) is 14.0. The number of hydrazone groups is 1. The van der Waals surface area contributed by atoms with E-state index in [2.05, 4.69) is 27.7 Å². The summed E-state index contributed by atoms with van der Waals surface area (Å²) in [6.07, 6.45) is 1.90. The van der Waals surface area contributed by atoms with Gasteiger partial charge in [-0.1, -0.05) is 30.3 Å². The predicted octanol–water partition coefficient (Wildman–Crippen LogP) is 4.10. The summed E-state index contributed by atoms with van der Waals surface area (Å²) < 4.78 is 1.14. The van der Waals surface area contributed by atoms with Crippen LogP contribution >= 0.6 is 22.6 Å². The Bertz CT molecular complexity index is 750. The van der Waals surface area contributed by atoms with Crippen LogP contribution in [-0.2, 0) is 4.79 Å². The highest BCUT2D eigenvalue weighted by Crippen LogP contribution is 2.24. The molecule has 2 aromatic rings. The maximum absolute atomic E-state index is 12.5. The number of benzene rings is 2. The normalized spacial score (nSPS) is 16.5. The highest BCUT2D eigenvalue weighted by Gasteiger charge is 2.28. The van der Waals surface area contributed by atoms with Crippen LogP contribution in [0.2, 0.25) is 0 Å². The molecule has 4 heteroatoms. The molecule has 0 aromatic heterocycles. The number of anilines is 1. The SMILES string of the molecule is CC1=NN(c2ccccc2)C(=O)/C1=C/c1cccc(I)c1. The number of hydrogen-bond donors (Lipinski definition) is 0. The lowest BCUT2D eigenvalue weighted by Gasteiger charge is -2.11. The highest BCUT2D eigenvalue weighted by molar-refractivity contribution is 14.1. The Morgan fingerprint density at radius 2 is 1.86 bits per heavy atom. The lowest BCUT2D eigenvalue weighted by atomic mass is 10.1. The molecular formula is C17H13IN2O. The topological polar surface area (TPSA) is 32.7 Å². The summed E-state index contributed by atoms with van der Waals surface area (Å²) in [6, 6.07) is 17.5. The quantitative estimate of drug-likeness (QED) is 0.563. The molecule has 0 aliphatic carbocycles. The molecule has 104 valence electrons. The van der Waals surface area contributed by atoms with E-state index in [9.17, 15) is 4.79 Å². The second-order valence-electron chi connectivity index (χ2n) is 4.75. The Labute approximate surface area is 137 Å². The summed E-state index contributed by atoms with van der Waals surface area (Å²) in [6.45, 7) is 1.86. The Balaban J connectivity index is 1.96. The van der Waals surface area contributed by atoms with Crippen molar-refractivity contribution in [1.29, 1.82) is 0 Å². The molecule has 0 fully saturated rings. The molecular weight excluding hydrogens is 375 g/mol. The minimum Gasteiger partial charge on any atom is -0.267 e. The standard InChI is InChI=1S/C17H13IN2O/c1-12-16(11-13-6-5-7-14(18)10-13)17(21)20(19-12)15-8-3-2-4-9-15/h2-11H,1H3/b16-11+. The fourth-order valence-corrected chi connectivity index (χ4v) is 2.76. The van der Waals surface area contributed by atoms with Gasteiger partial charge in [-0.05, 0) is 65.4 Å².